The Morgan fingerprint density at radius 3 is 1.15 bits per heavy atom. The number of hydrogen-bond acceptors (Lipinski definition) is 2. The minimum atomic E-state index is -0.717. The number of aliphatic imine (C=N–C) groups is 1. The lowest BCUT2D eigenvalue weighted by atomic mass is 9.65. The van der Waals surface area contributed by atoms with Gasteiger partial charge in [-0.3, -0.25) is 4.99 Å². The van der Waals surface area contributed by atoms with Gasteiger partial charge in [-0.25, -0.2) is 0 Å². The van der Waals surface area contributed by atoms with E-state index in [0.717, 1.165) is 27.9 Å². The normalized spacial score (nSPS) is 11.5. The lowest BCUT2D eigenvalue weighted by molar-refractivity contribution is 0.474. The molecule has 262 valence electrons. The van der Waals surface area contributed by atoms with E-state index < -0.39 is 10.8 Å². The molecule has 2 nitrogen and oxygen atoms in total. The van der Waals surface area contributed by atoms with E-state index in [1.54, 1.807) is 12.3 Å². The van der Waals surface area contributed by atoms with E-state index in [0.29, 0.717) is 11.1 Å². The quantitative estimate of drug-likeness (QED) is 0.0905. The molecule has 8 aromatic rings. The van der Waals surface area contributed by atoms with Crippen LogP contribution in [0.5, 0.6) is 5.75 Å². The van der Waals surface area contributed by atoms with E-state index in [-0.39, 0.29) is 5.75 Å². The fourth-order valence-electron chi connectivity index (χ4n) is 7.68. The van der Waals surface area contributed by atoms with Crippen LogP contribution in [0.1, 0.15) is 50.1 Å². The maximum atomic E-state index is 11.2. The van der Waals surface area contributed by atoms with Gasteiger partial charge in [-0.15, -0.1) is 0 Å². The Balaban J connectivity index is 1.13. The molecular weight excluding hydrogens is 667 g/mol. The van der Waals surface area contributed by atoms with Gasteiger partial charge in [0.2, 0.25) is 0 Å². The zero-order valence-electron chi connectivity index (χ0n) is 30.3. The summed E-state index contributed by atoms with van der Waals surface area (Å²) in [5.74, 6) is 7.21. The molecule has 0 aliphatic carbocycles. The van der Waals surface area contributed by atoms with Crippen LogP contribution < -0.4 is 0 Å². The third-order valence-corrected chi connectivity index (χ3v) is 10.3. The summed E-state index contributed by atoms with van der Waals surface area (Å²) in [6.45, 7) is 0. The summed E-state index contributed by atoms with van der Waals surface area (Å²) in [6, 6.07) is 77.1. The molecule has 0 aliphatic rings. The summed E-state index contributed by atoms with van der Waals surface area (Å²) in [6.07, 6.45) is 1.71. The topological polar surface area (TPSA) is 32.6 Å². The van der Waals surface area contributed by atoms with E-state index in [1.807, 2.05) is 42.5 Å². The second kappa shape index (κ2) is 15.8. The van der Waals surface area contributed by atoms with Crippen molar-refractivity contribution in [3.05, 3.63) is 275 Å². The van der Waals surface area contributed by atoms with Gasteiger partial charge < -0.3 is 5.11 Å². The summed E-state index contributed by atoms with van der Waals surface area (Å²) in [4.78, 5) is 4.79. The number of aromatic hydroxyl groups is 1. The molecule has 0 amide bonds. The Morgan fingerprint density at radius 2 is 0.764 bits per heavy atom. The monoisotopic (exact) mass is 705 g/mol. The van der Waals surface area contributed by atoms with E-state index >= 15 is 0 Å². The van der Waals surface area contributed by atoms with Crippen LogP contribution >= 0.6 is 0 Å². The highest BCUT2D eigenvalue weighted by molar-refractivity contribution is 5.85. The molecule has 1 N–H and O–H groups in total. The van der Waals surface area contributed by atoms with Gasteiger partial charge in [-0.2, -0.15) is 0 Å². The SMILES string of the molecule is Oc1cc(C#CC(c2ccccc2)(c2ccccc2)c2ccccc2)ccc1C=Nc1ccc(C(c2ccccc2)(c2ccccc2)c2ccccc2)cc1. The van der Waals surface area contributed by atoms with Crippen LogP contribution in [-0.2, 0) is 10.8 Å². The second-order valence-corrected chi connectivity index (χ2v) is 13.5. The highest BCUT2D eigenvalue weighted by atomic mass is 16.3. The Labute approximate surface area is 323 Å². The molecule has 0 fully saturated rings. The van der Waals surface area contributed by atoms with E-state index in [1.165, 1.54) is 16.7 Å². The van der Waals surface area contributed by atoms with E-state index in [4.69, 9.17) is 4.99 Å². The first-order chi connectivity index (χ1) is 27.2. The van der Waals surface area contributed by atoms with Crippen molar-refractivity contribution in [2.24, 2.45) is 4.99 Å². The summed E-state index contributed by atoms with van der Waals surface area (Å²) < 4.78 is 0. The average molecular weight is 706 g/mol. The zero-order valence-corrected chi connectivity index (χ0v) is 30.3. The molecular formula is C53H39NO. The van der Waals surface area contributed by atoms with Crippen molar-refractivity contribution in [2.75, 3.05) is 0 Å². The molecule has 0 spiro atoms. The second-order valence-electron chi connectivity index (χ2n) is 13.5. The fourth-order valence-corrected chi connectivity index (χ4v) is 7.68. The van der Waals surface area contributed by atoms with E-state index in [9.17, 15) is 5.11 Å². The predicted octanol–water partition coefficient (Wildman–Crippen LogP) is 11.9. The van der Waals surface area contributed by atoms with Crippen molar-refractivity contribution in [1.82, 2.24) is 0 Å². The van der Waals surface area contributed by atoms with Crippen LogP contribution in [0.15, 0.2) is 229 Å². The highest BCUT2D eigenvalue weighted by Crippen LogP contribution is 2.45. The van der Waals surface area contributed by atoms with Crippen molar-refractivity contribution >= 4 is 11.9 Å². The molecule has 2 heteroatoms. The lowest BCUT2D eigenvalue weighted by Gasteiger charge is -2.36. The van der Waals surface area contributed by atoms with Gasteiger partial charge in [-0.05, 0) is 69.3 Å². The third kappa shape index (κ3) is 6.88. The van der Waals surface area contributed by atoms with E-state index in [2.05, 4.69) is 188 Å². The first kappa shape index (κ1) is 34.9. The first-order valence-electron chi connectivity index (χ1n) is 18.5. The average Bonchev–Trinajstić information content (AvgIpc) is 3.27. The minimum absolute atomic E-state index is 0.119. The Morgan fingerprint density at radius 1 is 0.400 bits per heavy atom. The molecule has 0 saturated heterocycles. The molecule has 0 radical (unpaired) electrons. The van der Waals surface area contributed by atoms with Gasteiger partial charge in [0, 0.05) is 17.3 Å². The van der Waals surface area contributed by atoms with Gasteiger partial charge in [0.25, 0.3) is 0 Å². The number of benzene rings is 8. The van der Waals surface area contributed by atoms with Crippen molar-refractivity contribution in [3.8, 4) is 17.6 Å². The number of phenols is 1. The fraction of sp³-hybridized carbons (Fsp3) is 0.0377. The van der Waals surface area contributed by atoms with Crippen molar-refractivity contribution in [1.29, 1.82) is 0 Å². The Kier molecular flexibility index (Phi) is 10.0. The van der Waals surface area contributed by atoms with Gasteiger partial charge in [0.1, 0.15) is 11.2 Å². The molecule has 0 aliphatic heterocycles. The van der Waals surface area contributed by atoms with Gasteiger partial charge in [0.15, 0.2) is 0 Å². The van der Waals surface area contributed by atoms with Crippen molar-refractivity contribution < 1.29 is 5.11 Å². The maximum absolute atomic E-state index is 11.2. The van der Waals surface area contributed by atoms with Crippen molar-refractivity contribution in [3.63, 3.8) is 0 Å². The minimum Gasteiger partial charge on any atom is -0.507 e. The largest absolute Gasteiger partial charge is 0.507 e. The molecule has 0 bridgehead atoms. The molecule has 0 aromatic heterocycles. The number of rotatable bonds is 9. The summed E-state index contributed by atoms with van der Waals surface area (Å²) in [7, 11) is 0. The van der Waals surface area contributed by atoms with Crippen LogP contribution in [0.3, 0.4) is 0 Å². The zero-order chi connectivity index (χ0) is 37.3. The maximum Gasteiger partial charge on any atom is 0.125 e. The molecule has 0 saturated carbocycles. The lowest BCUT2D eigenvalue weighted by Crippen LogP contribution is -2.30. The molecule has 55 heavy (non-hydrogen) atoms. The smallest absolute Gasteiger partial charge is 0.125 e. The standard InChI is InChI=1S/C53H39NO/c55-51-39-41(37-38-52(43-19-7-1-8-20-43,44-21-9-2-10-22-44)45-23-11-3-12-24-45)31-32-42(51)40-54-50-35-33-49(34-36-50)53(46-25-13-4-14-26-46,47-27-15-5-16-28-47)48-29-17-6-18-30-48/h1-36,39-40,55H. The third-order valence-electron chi connectivity index (χ3n) is 10.3. The predicted molar refractivity (Wildman–Crippen MR) is 226 cm³/mol. The van der Waals surface area contributed by atoms with Crippen LogP contribution in [0.2, 0.25) is 0 Å². The Bertz CT molecular complexity index is 2360. The molecule has 8 aromatic carbocycles. The van der Waals surface area contributed by atoms with Crippen LogP contribution in [-0.4, -0.2) is 11.3 Å². The van der Waals surface area contributed by atoms with Crippen LogP contribution in [0, 0.1) is 11.8 Å². The van der Waals surface area contributed by atoms with Gasteiger partial charge >= 0.3 is 0 Å². The number of nitrogens with zero attached hydrogens (tertiary/aromatic N) is 1. The highest BCUT2D eigenvalue weighted by Gasteiger charge is 2.38. The molecule has 0 atom stereocenters. The first-order valence-corrected chi connectivity index (χ1v) is 18.5. The molecule has 8 rings (SSSR count). The summed E-state index contributed by atoms with van der Waals surface area (Å²) >= 11 is 0. The van der Waals surface area contributed by atoms with Crippen LogP contribution in [0.25, 0.3) is 0 Å². The number of phenolic OH excluding ortho intramolecular Hbond substituents is 1. The Hall–Kier alpha value is -7.21. The van der Waals surface area contributed by atoms with Gasteiger partial charge in [0.05, 0.1) is 11.1 Å². The number of hydrogen-bond donors (Lipinski definition) is 1. The van der Waals surface area contributed by atoms with Crippen LogP contribution in [0.4, 0.5) is 5.69 Å². The molecule has 0 unspecified atom stereocenters. The van der Waals surface area contributed by atoms with Gasteiger partial charge in [-0.1, -0.05) is 206 Å². The van der Waals surface area contributed by atoms with Crippen molar-refractivity contribution in [2.45, 2.75) is 10.8 Å². The summed E-state index contributed by atoms with van der Waals surface area (Å²) in [5, 5.41) is 11.2. The molecule has 0 heterocycles. The summed E-state index contributed by atoms with van der Waals surface area (Å²) in [5.41, 5.74) is 8.79.